The first-order valence-corrected chi connectivity index (χ1v) is 5.85. The Bertz CT molecular complexity index is 420. The van der Waals surface area contributed by atoms with Crippen LogP contribution in [0.4, 0.5) is 0 Å². The molecule has 0 aromatic carbocycles. The zero-order chi connectivity index (χ0) is 12.8. The van der Waals surface area contributed by atoms with Crippen LogP contribution in [0.3, 0.4) is 0 Å². The molecule has 1 saturated heterocycles. The molecule has 1 saturated carbocycles. The lowest BCUT2D eigenvalue weighted by atomic mass is 9.70. The number of carbonyl (C=O) groups excluding carboxylic acids is 1. The van der Waals surface area contributed by atoms with E-state index in [-0.39, 0.29) is 18.0 Å². The largest absolute Gasteiger partial charge is 0.443 e. The number of epoxide rings is 1. The Morgan fingerprint density at radius 2 is 2.24 bits per heavy atom. The molecule has 1 heterocycles. The summed E-state index contributed by atoms with van der Waals surface area (Å²) in [7, 11) is 0. The zero-order valence-electron chi connectivity index (χ0n) is 10.6. The van der Waals surface area contributed by atoms with Gasteiger partial charge in [-0.2, -0.15) is 0 Å². The fraction of sp³-hybridized carbons (Fsp3) is 0.643. The summed E-state index contributed by atoms with van der Waals surface area (Å²) >= 11 is 0. The van der Waals surface area contributed by atoms with Gasteiger partial charge < -0.3 is 9.47 Å². The maximum atomic E-state index is 11.3. The van der Waals surface area contributed by atoms with Gasteiger partial charge in [0.1, 0.15) is 5.60 Å². The van der Waals surface area contributed by atoms with Gasteiger partial charge in [0.25, 0.3) is 0 Å². The lowest BCUT2D eigenvalue weighted by molar-refractivity contribution is -0.159. The topological polar surface area (TPSA) is 38.8 Å². The molecule has 2 aliphatic rings. The van der Waals surface area contributed by atoms with E-state index in [1.54, 1.807) is 0 Å². The Labute approximate surface area is 102 Å². The van der Waals surface area contributed by atoms with E-state index in [4.69, 9.17) is 15.9 Å². The highest BCUT2D eigenvalue weighted by molar-refractivity contribution is 5.67. The van der Waals surface area contributed by atoms with Crippen LogP contribution >= 0.6 is 0 Å². The highest BCUT2D eigenvalue weighted by Gasteiger charge is 2.71. The van der Waals surface area contributed by atoms with Gasteiger partial charge in [0.05, 0.1) is 6.10 Å². The molecule has 4 atom stereocenters. The van der Waals surface area contributed by atoms with Gasteiger partial charge in [0, 0.05) is 13.3 Å². The van der Waals surface area contributed by atoms with Crippen molar-refractivity contribution in [3.8, 4) is 12.3 Å². The van der Waals surface area contributed by atoms with Gasteiger partial charge in [-0.25, -0.2) is 0 Å². The second-order valence-electron chi connectivity index (χ2n) is 5.26. The van der Waals surface area contributed by atoms with Crippen LogP contribution in [0.5, 0.6) is 0 Å². The summed E-state index contributed by atoms with van der Waals surface area (Å²) in [6.45, 7) is 9.25. The van der Waals surface area contributed by atoms with E-state index >= 15 is 0 Å². The van der Waals surface area contributed by atoms with E-state index in [2.05, 4.69) is 12.5 Å². The minimum absolute atomic E-state index is 0.0772. The number of fused-ring (bicyclic) bond motifs is 1. The highest BCUT2D eigenvalue weighted by atomic mass is 16.7. The van der Waals surface area contributed by atoms with Gasteiger partial charge in [-0.1, -0.05) is 18.1 Å². The average Bonchev–Trinajstić information content (AvgIpc) is 2.89. The van der Waals surface area contributed by atoms with Crippen molar-refractivity contribution >= 4 is 5.97 Å². The molecular weight excluding hydrogens is 216 g/mol. The van der Waals surface area contributed by atoms with Gasteiger partial charge in [-0.15, -0.1) is 6.42 Å². The molecule has 92 valence electrons. The third kappa shape index (κ3) is 1.68. The smallest absolute Gasteiger partial charge is 0.304 e. The average molecular weight is 234 g/mol. The summed E-state index contributed by atoms with van der Waals surface area (Å²) in [6, 6.07) is 0. The number of hydrogen-bond donors (Lipinski definition) is 0. The maximum absolute atomic E-state index is 11.3. The van der Waals surface area contributed by atoms with Crippen molar-refractivity contribution in [2.75, 3.05) is 0 Å². The summed E-state index contributed by atoms with van der Waals surface area (Å²) in [5.74, 6) is 2.55. The molecule has 3 nitrogen and oxygen atoms in total. The van der Waals surface area contributed by atoms with Crippen molar-refractivity contribution in [1.82, 2.24) is 0 Å². The van der Waals surface area contributed by atoms with Gasteiger partial charge in [0.2, 0.25) is 5.60 Å². The zero-order valence-corrected chi connectivity index (χ0v) is 10.6. The number of carbonyl (C=O) groups is 1. The lowest BCUT2D eigenvalue weighted by Gasteiger charge is -2.38. The van der Waals surface area contributed by atoms with Crippen LogP contribution in [-0.2, 0) is 14.3 Å². The predicted octanol–water partition coefficient (Wildman–Crippen LogP) is 2.07. The Hall–Kier alpha value is -1.27. The molecule has 17 heavy (non-hydrogen) atoms. The lowest BCUT2D eigenvalue weighted by Crippen LogP contribution is -2.51. The molecule has 0 aromatic heterocycles. The van der Waals surface area contributed by atoms with Crippen LogP contribution in [0.15, 0.2) is 12.2 Å². The summed E-state index contributed by atoms with van der Waals surface area (Å²) in [4.78, 5) is 11.3. The van der Waals surface area contributed by atoms with E-state index in [1.807, 2.05) is 13.8 Å². The van der Waals surface area contributed by atoms with Crippen molar-refractivity contribution < 1.29 is 14.3 Å². The van der Waals surface area contributed by atoms with Crippen LogP contribution in [0.2, 0.25) is 0 Å². The molecule has 2 fully saturated rings. The highest BCUT2D eigenvalue weighted by Crippen LogP contribution is 2.57. The Kier molecular flexibility index (Phi) is 2.59. The molecule has 0 N–H and O–H groups in total. The van der Waals surface area contributed by atoms with Crippen LogP contribution in [0.1, 0.15) is 33.6 Å². The molecule has 1 aliphatic heterocycles. The van der Waals surface area contributed by atoms with Gasteiger partial charge in [-0.3, -0.25) is 4.79 Å². The second-order valence-corrected chi connectivity index (χ2v) is 5.26. The first-order chi connectivity index (χ1) is 7.84. The SMILES string of the molecule is C#CC1(OC(C)=O)CC(C(=C)C)CC2OC21C. The monoisotopic (exact) mass is 234 g/mol. The van der Waals surface area contributed by atoms with Crippen LogP contribution < -0.4 is 0 Å². The first-order valence-electron chi connectivity index (χ1n) is 5.85. The van der Waals surface area contributed by atoms with E-state index in [0.29, 0.717) is 6.42 Å². The van der Waals surface area contributed by atoms with E-state index in [9.17, 15) is 4.79 Å². The fourth-order valence-electron chi connectivity index (χ4n) is 2.78. The summed E-state index contributed by atoms with van der Waals surface area (Å²) in [5, 5.41) is 0. The summed E-state index contributed by atoms with van der Waals surface area (Å²) in [6.07, 6.45) is 7.21. The van der Waals surface area contributed by atoms with Crippen LogP contribution in [0.25, 0.3) is 0 Å². The predicted molar refractivity (Wildman–Crippen MR) is 64.1 cm³/mol. The third-order valence-corrected chi connectivity index (χ3v) is 4.03. The molecule has 2 rings (SSSR count). The van der Waals surface area contributed by atoms with Crippen LogP contribution in [-0.4, -0.2) is 23.3 Å². The molecule has 4 unspecified atom stereocenters. The van der Waals surface area contributed by atoms with Gasteiger partial charge >= 0.3 is 5.97 Å². The molecule has 0 amide bonds. The van der Waals surface area contributed by atoms with Gasteiger partial charge in [0.15, 0.2) is 0 Å². The van der Waals surface area contributed by atoms with E-state index in [0.717, 1.165) is 12.0 Å². The molecular formula is C14H18O3. The number of hydrogen-bond acceptors (Lipinski definition) is 3. The normalized spacial score (nSPS) is 43.2. The van der Waals surface area contributed by atoms with E-state index in [1.165, 1.54) is 6.92 Å². The first kappa shape index (κ1) is 12.2. The Balaban J connectivity index is 2.32. The van der Waals surface area contributed by atoms with Crippen molar-refractivity contribution in [1.29, 1.82) is 0 Å². The number of esters is 1. The van der Waals surface area contributed by atoms with Crippen LogP contribution in [0, 0.1) is 18.3 Å². The van der Waals surface area contributed by atoms with E-state index < -0.39 is 11.2 Å². The number of allylic oxidation sites excluding steroid dienone is 1. The summed E-state index contributed by atoms with van der Waals surface area (Å²) < 4.78 is 11.1. The van der Waals surface area contributed by atoms with Gasteiger partial charge in [-0.05, 0) is 26.2 Å². The molecule has 3 heteroatoms. The minimum atomic E-state index is -0.939. The van der Waals surface area contributed by atoms with Crippen molar-refractivity contribution in [2.24, 2.45) is 5.92 Å². The standard InChI is InChI=1S/C14H18O3/c1-6-14(16-10(4)15)8-11(9(2)3)7-12-13(14,5)17-12/h1,11-12H,2,7-8H2,3-5H3. The third-order valence-electron chi connectivity index (χ3n) is 4.03. The second kappa shape index (κ2) is 3.61. The number of terminal acetylenes is 1. The maximum Gasteiger partial charge on any atom is 0.304 e. The summed E-state index contributed by atoms with van der Waals surface area (Å²) in [5.41, 5.74) is -0.389. The van der Waals surface area contributed by atoms with Crippen molar-refractivity contribution in [2.45, 2.75) is 50.9 Å². The number of ether oxygens (including phenoxy) is 2. The quantitative estimate of drug-likeness (QED) is 0.318. The Morgan fingerprint density at radius 3 is 2.71 bits per heavy atom. The molecule has 0 bridgehead atoms. The minimum Gasteiger partial charge on any atom is -0.443 e. The molecule has 1 aliphatic carbocycles. The van der Waals surface area contributed by atoms with Crippen molar-refractivity contribution in [3.05, 3.63) is 12.2 Å². The van der Waals surface area contributed by atoms with Crippen molar-refractivity contribution in [3.63, 3.8) is 0 Å². The number of rotatable bonds is 2. The molecule has 0 spiro atoms. The molecule has 0 aromatic rings. The molecule has 0 radical (unpaired) electrons. The Morgan fingerprint density at radius 1 is 1.59 bits per heavy atom. The fourth-order valence-corrected chi connectivity index (χ4v) is 2.78.